The second-order valence-electron chi connectivity index (χ2n) is 7.31. The SMILES string of the molecule is C[C@@H]1CCN(Cc2ccccc2)CC1C#[N+]C(=O)OC(C)(C)C. The topological polar surface area (TPSA) is 33.9 Å². The van der Waals surface area contributed by atoms with Crippen LogP contribution in [-0.4, -0.2) is 29.7 Å². The molecule has 2 atom stereocenters. The number of likely N-dealkylation sites (tertiary alicyclic amines) is 1. The number of benzene rings is 1. The normalized spacial score (nSPS) is 22.1. The van der Waals surface area contributed by atoms with Crippen LogP contribution in [0.4, 0.5) is 4.79 Å². The van der Waals surface area contributed by atoms with Crippen LogP contribution in [0.15, 0.2) is 30.3 Å². The molecule has 1 aliphatic rings. The van der Waals surface area contributed by atoms with E-state index in [-0.39, 0.29) is 5.92 Å². The van der Waals surface area contributed by atoms with Gasteiger partial charge in [0.1, 0.15) is 11.5 Å². The quantitative estimate of drug-likeness (QED) is 0.810. The fourth-order valence-electron chi connectivity index (χ4n) is 2.71. The van der Waals surface area contributed by atoms with Gasteiger partial charge in [-0.25, -0.2) is 0 Å². The molecule has 0 aromatic heterocycles. The number of carbonyl (C=O) groups excluding carboxylic acids is 1. The van der Waals surface area contributed by atoms with Crippen molar-refractivity contribution < 1.29 is 9.53 Å². The molecule has 2 rings (SSSR count). The minimum Gasteiger partial charge on any atom is -0.392 e. The van der Waals surface area contributed by atoms with Crippen LogP contribution in [0, 0.1) is 17.9 Å². The molecule has 1 amide bonds. The minimum atomic E-state index is -0.551. The molecular formula is C19H27N2O2+. The molecule has 23 heavy (non-hydrogen) atoms. The van der Waals surface area contributed by atoms with Gasteiger partial charge in [-0.2, -0.15) is 4.79 Å². The Morgan fingerprint density at radius 1 is 1.35 bits per heavy atom. The van der Waals surface area contributed by atoms with Gasteiger partial charge in [-0.1, -0.05) is 37.3 Å². The second kappa shape index (κ2) is 7.61. The second-order valence-corrected chi connectivity index (χ2v) is 7.31. The largest absolute Gasteiger partial charge is 0.728 e. The Kier molecular flexibility index (Phi) is 5.79. The Balaban J connectivity index is 1.95. The lowest BCUT2D eigenvalue weighted by molar-refractivity contribution is 0.0663. The van der Waals surface area contributed by atoms with Crippen molar-refractivity contribution in [2.24, 2.45) is 11.8 Å². The highest BCUT2D eigenvalue weighted by Gasteiger charge is 2.30. The Hall–Kier alpha value is -1.86. The highest BCUT2D eigenvalue weighted by molar-refractivity contribution is 5.79. The van der Waals surface area contributed by atoms with E-state index < -0.39 is 11.7 Å². The van der Waals surface area contributed by atoms with Gasteiger partial charge in [-0.3, -0.25) is 4.90 Å². The number of nitrogens with zero attached hydrogens (tertiary/aromatic N) is 2. The van der Waals surface area contributed by atoms with Gasteiger partial charge in [0.25, 0.3) is 6.07 Å². The Morgan fingerprint density at radius 2 is 2.04 bits per heavy atom. The molecule has 0 saturated carbocycles. The molecule has 124 valence electrons. The molecule has 1 aromatic rings. The molecule has 1 aliphatic heterocycles. The number of amides is 1. The highest BCUT2D eigenvalue weighted by Crippen LogP contribution is 2.24. The summed E-state index contributed by atoms with van der Waals surface area (Å²) < 4.78 is 5.20. The predicted octanol–water partition coefficient (Wildman–Crippen LogP) is 4.41. The van der Waals surface area contributed by atoms with E-state index in [9.17, 15) is 4.79 Å². The van der Waals surface area contributed by atoms with E-state index in [2.05, 4.69) is 47.0 Å². The molecule has 0 bridgehead atoms. The van der Waals surface area contributed by atoms with Gasteiger partial charge < -0.3 is 4.74 Å². The molecular weight excluding hydrogens is 288 g/mol. The third kappa shape index (κ3) is 6.03. The van der Waals surface area contributed by atoms with Gasteiger partial charge in [-0.15, -0.1) is 0 Å². The average molecular weight is 315 g/mol. The summed E-state index contributed by atoms with van der Waals surface area (Å²) in [5.41, 5.74) is 0.796. The van der Waals surface area contributed by atoms with E-state index >= 15 is 0 Å². The summed E-state index contributed by atoms with van der Waals surface area (Å²) in [6.07, 6.45) is 0.541. The zero-order chi connectivity index (χ0) is 16.9. The van der Waals surface area contributed by atoms with E-state index in [1.165, 1.54) is 5.56 Å². The van der Waals surface area contributed by atoms with Crippen molar-refractivity contribution in [3.05, 3.63) is 40.7 Å². The van der Waals surface area contributed by atoms with Gasteiger partial charge in [0.2, 0.25) is 0 Å². The standard InChI is InChI=1S/C19H27N2O2/c1-15-10-11-21(13-16-8-6-5-7-9-16)14-17(15)12-20-18(22)23-19(2,3)4/h5-9,15,17H,10-11,13-14H2,1-4H3/q+1/t15-,17?/m1/s1. The molecule has 1 fully saturated rings. The van der Waals surface area contributed by atoms with Crippen LogP contribution in [0.1, 0.15) is 39.7 Å². The number of piperidine rings is 1. The van der Waals surface area contributed by atoms with Gasteiger partial charge >= 0.3 is 6.09 Å². The molecule has 1 heterocycles. The van der Waals surface area contributed by atoms with Gasteiger partial charge in [0.05, 0.1) is 4.85 Å². The summed E-state index contributed by atoms with van der Waals surface area (Å²) in [4.78, 5) is 18.0. The Labute approximate surface area is 139 Å². The molecule has 1 aromatic carbocycles. The van der Waals surface area contributed by atoms with Crippen LogP contribution in [0.2, 0.25) is 0 Å². The van der Waals surface area contributed by atoms with Gasteiger partial charge in [0.15, 0.2) is 0 Å². The first-order chi connectivity index (χ1) is 10.8. The predicted molar refractivity (Wildman–Crippen MR) is 92.5 cm³/mol. The van der Waals surface area contributed by atoms with Crippen molar-refractivity contribution >= 4 is 6.09 Å². The summed E-state index contributed by atoms with van der Waals surface area (Å²) in [5, 5.41) is 0. The summed E-state index contributed by atoms with van der Waals surface area (Å²) in [7, 11) is 0. The molecule has 4 heteroatoms. The van der Waals surface area contributed by atoms with Crippen LogP contribution in [-0.2, 0) is 11.3 Å². The molecule has 1 unspecified atom stereocenters. The van der Waals surface area contributed by atoms with Gasteiger partial charge in [-0.05, 0) is 45.2 Å². The van der Waals surface area contributed by atoms with Crippen molar-refractivity contribution in [3.63, 3.8) is 0 Å². The van der Waals surface area contributed by atoms with E-state index in [1.807, 2.05) is 26.8 Å². The lowest BCUT2D eigenvalue weighted by atomic mass is 9.88. The molecule has 0 spiro atoms. The van der Waals surface area contributed by atoms with Crippen molar-refractivity contribution in [2.75, 3.05) is 13.1 Å². The molecule has 0 N–H and O–H groups in total. The smallest absolute Gasteiger partial charge is 0.392 e. The average Bonchev–Trinajstić information content (AvgIpc) is 2.47. The Bertz CT molecular complexity index is 581. The number of carbonyl (C=O) groups is 1. The van der Waals surface area contributed by atoms with E-state index in [0.717, 1.165) is 26.1 Å². The van der Waals surface area contributed by atoms with E-state index in [1.54, 1.807) is 0 Å². The Morgan fingerprint density at radius 3 is 2.70 bits per heavy atom. The van der Waals surface area contributed by atoms with Crippen LogP contribution in [0.3, 0.4) is 0 Å². The first kappa shape index (κ1) is 17.5. The third-order valence-electron chi connectivity index (χ3n) is 4.01. The van der Waals surface area contributed by atoms with Crippen LogP contribution >= 0.6 is 0 Å². The first-order valence-electron chi connectivity index (χ1n) is 8.29. The fourth-order valence-corrected chi connectivity index (χ4v) is 2.71. The van der Waals surface area contributed by atoms with E-state index in [4.69, 9.17) is 4.74 Å². The van der Waals surface area contributed by atoms with E-state index in [0.29, 0.717) is 5.92 Å². The van der Waals surface area contributed by atoms with Crippen LogP contribution in [0.25, 0.3) is 4.85 Å². The summed E-state index contributed by atoms with van der Waals surface area (Å²) in [5.74, 6) is 0.646. The monoisotopic (exact) mass is 315 g/mol. The molecule has 0 aliphatic carbocycles. The number of rotatable bonds is 2. The minimum absolute atomic E-state index is 0.167. The van der Waals surface area contributed by atoms with Crippen molar-refractivity contribution in [1.29, 1.82) is 0 Å². The number of hydrogen-bond donors (Lipinski definition) is 0. The van der Waals surface area contributed by atoms with Crippen LogP contribution < -0.4 is 0 Å². The zero-order valence-corrected chi connectivity index (χ0v) is 14.6. The number of ether oxygens (including phenoxy) is 1. The summed E-state index contributed by atoms with van der Waals surface area (Å²) >= 11 is 0. The lowest BCUT2D eigenvalue weighted by Gasteiger charge is -2.32. The fraction of sp³-hybridized carbons (Fsp3) is 0.579. The summed E-state index contributed by atoms with van der Waals surface area (Å²) in [6.45, 7) is 10.6. The zero-order valence-electron chi connectivity index (χ0n) is 14.6. The van der Waals surface area contributed by atoms with Crippen molar-refractivity contribution in [2.45, 2.75) is 46.3 Å². The maximum Gasteiger partial charge on any atom is 0.728 e. The maximum atomic E-state index is 11.7. The first-order valence-corrected chi connectivity index (χ1v) is 8.29. The molecule has 1 saturated heterocycles. The molecule has 4 nitrogen and oxygen atoms in total. The van der Waals surface area contributed by atoms with Crippen molar-refractivity contribution in [1.82, 2.24) is 4.90 Å². The molecule has 0 radical (unpaired) electrons. The van der Waals surface area contributed by atoms with Gasteiger partial charge in [0, 0.05) is 13.1 Å². The maximum absolute atomic E-state index is 11.7. The lowest BCUT2D eigenvalue weighted by Crippen LogP contribution is -2.38. The number of hydrogen-bond acceptors (Lipinski definition) is 3. The third-order valence-corrected chi connectivity index (χ3v) is 4.01. The highest BCUT2D eigenvalue weighted by atomic mass is 16.6. The van der Waals surface area contributed by atoms with Crippen LogP contribution in [0.5, 0.6) is 0 Å². The summed E-state index contributed by atoms with van der Waals surface area (Å²) in [6, 6.07) is 13.5. The van der Waals surface area contributed by atoms with Crippen molar-refractivity contribution in [3.8, 4) is 6.07 Å².